The number of nitrogens with zero attached hydrogens (tertiary/aromatic N) is 3. The molecule has 0 spiro atoms. The van der Waals surface area contributed by atoms with Crippen molar-refractivity contribution < 1.29 is 29.0 Å². The molecular weight excluding hydrogens is 406 g/mol. The molecule has 14 heavy (non-hydrogen) atoms. The minimum absolute atomic E-state index is 0. The average molecular weight is 412 g/mol. The van der Waals surface area contributed by atoms with Crippen molar-refractivity contribution >= 4 is 34.3 Å². The molecule has 0 fully saturated rings. The Labute approximate surface area is 112 Å². The second-order valence-corrected chi connectivity index (χ2v) is 3.44. The molecule has 2 heterocycles. The van der Waals surface area contributed by atoms with Gasteiger partial charge in [-0.25, -0.2) is 15.0 Å². The topological polar surface area (TPSA) is 44.1 Å². The lowest BCUT2D eigenvalue weighted by Crippen LogP contribution is -3.00. The predicted molar refractivity (Wildman–Crippen MR) is 57.5 cm³/mol. The van der Waals surface area contributed by atoms with Gasteiger partial charge in [-0.2, -0.15) is 4.57 Å². The molecule has 1 N–H and O–H groups in total. The van der Waals surface area contributed by atoms with Gasteiger partial charge in [0.1, 0.15) is 6.20 Å². The van der Waals surface area contributed by atoms with Crippen LogP contribution in [0, 0.1) is 3.70 Å². The highest BCUT2D eigenvalue weighted by Crippen LogP contribution is 2.01. The number of imidazole rings is 1. The van der Waals surface area contributed by atoms with E-state index in [0.717, 1.165) is 9.54 Å². The number of hydrogen-bond acceptors (Lipinski definition) is 2. The third kappa shape index (κ3) is 2.52. The molecule has 6 heteroatoms. The van der Waals surface area contributed by atoms with Crippen LogP contribution in [-0.2, 0) is 0 Å². The molecule has 0 atom stereocenters. The highest BCUT2D eigenvalue weighted by atomic mass is 127. The van der Waals surface area contributed by atoms with Crippen molar-refractivity contribution in [2.24, 2.45) is 4.99 Å². The van der Waals surface area contributed by atoms with Crippen LogP contribution in [0.25, 0.3) is 0 Å². The summed E-state index contributed by atoms with van der Waals surface area (Å²) in [5.41, 5.74) is 0. The van der Waals surface area contributed by atoms with Gasteiger partial charge in [-0.05, 0) is 0 Å². The van der Waals surface area contributed by atoms with E-state index in [9.17, 15) is 0 Å². The molecule has 0 unspecified atom stereocenters. The molecule has 0 radical (unpaired) electrons. The van der Waals surface area contributed by atoms with Crippen molar-refractivity contribution in [3.05, 3.63) is 34.7 Å². The van der Waals surface area contributed by atoms with E-state index in [2.05, 4.69) is 43.4 Å². The number of aliphatic imine (C=N–C) groups is 1. The van der Waals surface area contributed by atoms with Gasteiger partial charge in [0.15, 0.2) is 10.0 Å². The van der Waals surface area contributed by atoms with Gasteiger partial charge in [-0.1, -0.05) is 0 Å². The smallest absolute Gasteiger partial charge is 0.288 e. The van der Waals surface area contributed by atoms with Gasteiger partial charge in [-0.15, -0.1) is 0 Å². The van der Waals surface area contributed by atoms with E-state index in [0.29, 0.717) is 0 Å². The van der Waals surface area contributed by atoms with Crippen molar-refractivity contribution in [3.8, 4) is 0 Å². The fourth-order valence-electron chi connectivity index (χ4n) is 0.948. The second-order valence-electron chi connectivity index (χ2n) is 2.33. The highest BCUT2D eigenvalue weighted by Gasteiger charge is 2.10. The van der Waals surface area contributed by atoms with E-state index in [1.54, 1.807) is 24.9 Å². The number of aromatic nitrogens is 2. The van der Waals surface area contributed by atoms with E-state index < -0.39 is 0 Å². The van der Waals surface area contributed by atoms with Gasteiger partial charge in [0.05, 0.1) is 6.20 Å². The SMILES string of the molecule is Ic1cncn1C1=[NH+]C=C=NC=C1.[I-]. The maximum Gasteiger partial charge on any atom is 0.288 e. The summed E-state index contributed by atoms with van der Waals surface area (Å²) in [5, 5.41) is 0. The molecule has 4 nitrogen and oxygen atoms in total. The maximum atomic E-state index is 4.02. The van der Waals surface area contributed by atoms with Crippen molar-refractivity contribution in [2.75, 3.05) is 0 Å². The molecule has 0 saturated carbocycles. The first kappa shape index (κ1) is 11.6. The molecular formula is C8H6I2N4. The summed E-state index contributed by atoms with van der Waals surface area (Å²) in [6, 6.07) is 0. The Bertz CT molecular complexity index is 438. The van der Waals surface area contributed by atoms with Crippen LogP contribution >= 0.6 is 22.6 Å². The van der Waals surface area contributed by atoms with Crippen LogP contribution in [0.2, 0.25) is 0 Å². The summed E-state index contributed by atoms with van der Waals surface area (Å²) in [7, 11) is 0. The van der Waals surface area contributed by atoms with Gasteiger partial charge in [0, 0.05) is 40.7 Å². The van der Waals surface area contributed by atoms with Gasteiger partial charge in [0.25, 0.3) is 5.84 Å². The van der Waals surface area contributed by atoms with E-state index >= 15 is 0 Å². The van der Waals surface area contributed by atoms with Crippen molar-refractivity contribution in [1.82, 2.24) is 9.55 Å². The molecule has 0 aromatic carbocycles. The van der Waals surface area contributed by atoms with Gasteiger partial charge >= 0.3 is 0 Å². The number of halogens is 2. The van der Waals surface area contributed by atoms with Crippen LogP contribution in [0.4, 0.5) is 0 Å². The molecule has 1 aliphatic heterocycles. The molecule has 2 rings (SSSR count). The quantitative estimate of drug-likeness (QED) is 0.443. The number of allylic oxidation sites excluding steroid dienone is 1. The third-order valence-electron chi connectivity index (χ3n) is 1.52. The first-order valence-corrected chi connectivity index (χ1v) is 4.71. The summed E-state index contributed by atoms with van der Waals surface area (Å²) in [5.74, 6) is 3.62. The number of nitrogens with one attached hydrogen (secondary N) is 1. The lowest BCUT2D eigenvalue weighted by atomic mass is 10.5. The fraction of sp³-hybridized carbons (Fsp3) is 0. The summed E-state index contributed by atoms with van der Waals surface area (Å²) in [6.07, 6.45) is 8.74. The average Bonchev–Trinajstić information content (AvgIpc) is 2.43. The first-order valence-electron chi connectivity index (χ1n) is 3.63. The molecule has 1 aliphatic rings. The molecule has 0 saturated heterocycles. The van der Waals surface area contributed by atoms with Crippen molar-refractivity contribution in [1.29, 1.82) is 0 Å². The van der Waals surface area contributed by atoms with Crippen LogP contribution in [0.5, 0.6) is 0 Å². The third-order valence-corrected chi connectivity index (χ3v) is 2.32. The maximum absolute atomic E-state index is 4.02. The monoisotopic (exact) mass is 412 g/mol. The van der Waals surface area contributed by atoms with E-state index in [4.69, 9.17) is 0 Å². The molecule has 1 aromatic rings. The van der Waals surface area contributed by atoms with Crippen LogP contribution in [0.3, 0.4) is 0 Å². The predicted octanol–water partition coefficient (Wildman–Crippen LogP) is -3.47. The van der Waals surface area contributed by atoms with Crippen molar-refractivity contribution in [3.63, 3.8) is 0 Å². The van der Waals surface area contributed by atoms with Crippen LogP contribution in [-0.4, -0.2) is 21.3 Å². The lowest BCUT2D eigenvalue weighted by molar-refractivity contribution is -0.371. The van der Waals surface area contributed by atoms with E-state index in [1.807, 2.05) is 10.6 Å². The molecule has 72 valence electrons. The Morgan fingerprint density at radius 1 is 1.50 bits per heavy atom. The normalized spacial score (nSPS) is 13.4. The Balaban J connectivity index is 0.000000980. The van der Waals surface area contributed by atoms with Gasteiger partial charge in [-0.3, -0.25) is 0 Å². The zero-order valence-corrected chi connectivity index (χ0v) is 11.3. The van der Waals surface area contributed by atoms with E-state index in [1.165, 1.54) is 0 Å². The van der Waals surface area contributed by atoms with Crippen molar-refractivity contribution in [2.45, 2.75) is 0 Å². The summed E-state index contributed by atoms with van der Waals surface area (Å²) in [6.45, 7) is 0. The van der Waals surface area contributed by atoms with Gasteiger partial charge < -0.3 is 24.0 Å². The zero-order valence-electron chi connectivity index (χ0n) is 6.98. The highest BCUT2D eigenvalue weighted by molar-refractivity contribution is 14.1. The molecule has 0 amide bonds. The Morgan fingerprint density at radius 2 is 2.36 bits per heavy atom. The Kier molecular flexibility index (Phi) is 4.49. The lowest BCUT2D eigenvalue weighted by Gasteiger charge is -1.91. The largest absolute Gasteiger partial charge is 1.00 e. The van der Waals surface area contributed by atoms with Crippen LogP contribution in [0.1, 0.15) is 0 Å². The fourth-order valence-corrected chi connectivity index (χ4v) is 1.49. The van der Waals surface area contributed by atoms with Gasteiger partial charge in [0.2, 0.25) is 0 Å². The molecule has 1 aromatic heterocycles. The second kappa shape index (κ2) is 5.42. The van der Waals surface area contributed by atoms with E-state index in [-0.39, 0.29) is 24.0 Å². The summed E-state index contributed by atoms with van der Waals surface area (Å²) >= 11 is 2.21. The molecule has 0 aliphatic carbocycles. The number of rotatable bonds is 0. The first-order chi connectivity index (χ1) is 6.38. The minimum atomic E-state index is 0. The Hall–Kier alpha value is -0.470. The molecule has 0 bridgehead atoms. The summed E-state index contributed by atoms with van der Waals surface area (Å²) < 4.78 is 2.97. The minimum Gasteiger partial charge on any atom is -1.00 e. The van der Waals surface area contributed by atoms with Crippen LogP contribution < -0.4 is 29.0 Å². The number of hydrogen-bond donors (Lipinski definition) is 1. The van der Waals surface area contributed by atoms with Crippen LogP contribution in [0.15, 0.2) is 36.0 Å². The zero-order chi connectivity index (χ0) is 9.10. The Morgan fingerprint density at radius 3 is 3.07 bits per heavy atom. The summed E-state index contributed by atoms with van der Waals surface area (Å²) in [4.78, 5) is 10.9. The standard InChI is InChI=1S/C8H5IN4.HI/c9-7-5-11-6-13(7)8-1-2-10-3-4-12-8;/h1-2,4-6H;1H.